The second-order valence-electron chi connectivity index (χ2n) is 2.75. The maximum absolute atomic E-state index is 8.61. The minimum absolute atomic E-state index is 0.0614. The van der Waals surface area contributed by atoms with Crippen molar-refractivity contribution in [2.75, 3.05) is 6.61 Å². The minimum atomic E-state index is -0.0614. The molecule has 1 heterocycles. The molecule has 0 fully saturated rings. The number of aliphatic hydroxyl groups excluding tert-OH is 1. The Bertz CT molecular complexity index is 220. The fourth-order valence-electron chi connectivity index (χ4n) is 1.03. The number of H-pyrrole nitrogens is 1. The van der Waals surface area contributed by atoms with Gasteiger partial charge < -0.3 is 15.8 Å². The summed E-state index contributed by atoms with van der Waals surface area (Å²) < 4.78 is 0. The summed E-state index contributed by atoms with van der Waals surface area (Å²) in [5, 5.41) is 8.61. The Kier molecular flexibility index (Phi) is 2.68. The molecule has 3 heteroatoms. The molecule has 0 saturated carbocycles. The third-order valence-corrected chi connectivity index (χ3v) is 1.69. The standard InChI is InChI=1S/C8H14N2O/c1-6-4-8(10-5-6)7(9)2-3-11/h4-5,7,10-11H,2-3,9H2,1H3/t7-/m1/s1. The molecule has 1 aromatic rings. The average Bonchev–Trinajstić information content (AvgIpc) is 2.36. The van der Waals surface area contributed by atoms with Crippen LogP contribution in [0.3, 0.4) is 0 Å². The van der Waals surface area contributed by atoms with Gasteiger partial charge in [-0.2, -0.15) is 0 Å². The van der Waals surface area contributed by atoms with E-state index in [0.29, 0.717) is 6.42 Å². The summed E-state index contributed by atoms with van der Waals surface area (Å²) in [6.45, 7) is 2.14. The van der Waals surface area contributed by atoms with Crippen molar-refractivity contribution >= 4 is 0 Å². The minimum Gasteiger partial charge on any atom is -0.396 e. The predicted molar refractivity (Wildman–Crippen MR) is 44.2 cm³/mol. The summed E-state index contributed by atoms with van der Waals surface area (Å²) in [7, 11) is 0. The monoisotopic (exact) mass is 154 g/mol. The van der Waals surface area contributed by atoms with E-state index < -0.39 is 0 Å². The molecule has 0 aliphatic rings. The summed E-state index contributed by atoms with van der Waals surface area (Å²) >= 11 is 0. The maximum atomic E-state index is 8.61. The van der Waals surface area contributed by atoms with E-state index in [1.165, 1.54) is 5.56 Å². The van der Waals surface area contributed by atoms with Crippen molar-refractivity contribution in [2.24, 2.45) is 5.73 Å². The Balaban J connectivity index is 2.60. The Morgan fingerprint density at radius 2 is 2.45 bits per heavy atom. The van der Waals surface area contributed by atoms with E-state index in [0.717, 1.165) is 5.69 Å². The summed E-state index contributed by atoms with van der Waals surface area (Å²) in [4.78, 5) is 3.05. The molecule has 0 bridgehead atoms. The van der Waals surface area contributed by atoms with E-state index in [9.17, 15) is 0 Å². The summed E-state index contributed by atoms with van der Waals surface area (Å²) in [6, 6.07) is 1.94. The molecule has 0 aromatic carbocycles. The number of hydrogen-bond acceptors (Lipinski definition) is 2. The van der Waals surface area contributed by atoms with Crippen LogP contribution < -0.4 is 5.73 Å². The lowest BCUT2D eigenvalue weighted by Crippen LogP contribution is -2.11. The Morgan fingerprint density at radius 1 is 1.73 bits per heavy atom. The number of rotatable bonds is 3. The summed E-state index contributed by atoms with van der Waals surface area (Å²) in [5.41, 5.74) is 7.90. The molecule has 4 N–H and O–H groups in total. The van der Waals surface area contributed by atoms with Crippen LogP contribution in [0.25, 0.3) is 0 Å². The van der Waals surface area contributed by atoms with Gasteiger partial charge in [0.15, 0.2) is 0 Å². The summed E-state index contributed by atoms with van der Waals surface area (Å²) in [5.74, 6) is 0. The molecule has 0 aliphatic carbocycles. The Hall–Kier alpha value is -0.800. The number of aromatic nitrogens is 1. The van der Waals surface area contributed by atoms with Gasteiger partial charge in [-0.25, -0.2) is 0 Å². The molecule has 0 radical (unpaired) electrons. The van der Waals surface area contributed by atoms with E-state index in [1.807, 2.05) is 19.2 Å². The van der Waals surface area contributed by atoms with Crippen LogP contribution in [-0.2, 0) is 0 Å². The second-order valence-corrected chi connectivity index (χ2v) is 2.75. The zero-order valence-electron chi connectivity index (χ0n) is 6.67. The molecule has 62 valence electrons. The molecule has 0 spiro atoms. The molecule has 11 heavy (non-hydrogen) atoms. The van der Waals surface area contributed by atoms with Gasteiger partial charge in [-0.05, 0) is 25.0 Å². The highest BCUT2D eigenvalue weighted by atomic mass is 16.3. The van der Waals surface area contributed by atoms with Gasteiger partial charge in [-0.3, -0.25) is 0 Å². The van der Waals surface area contributed by atoms with Crippen molar-refractivity contribution in [3.63, 3.8) is 0 Å². The van der Waals surface area contributed by atoms with Crippen LogP contribution in [0.2, 0.25) is 0 Å². The number of aryl methyl sites for hydroxylation is 1. The first-order chi connectivity index (χ1) is 5.24. The molecule has 0 amide bonds. The van der Waals surface area contributed by atoms with Crippen LogP contribution in [0.1, 0.15) is 23.7 Å². The van der Waals surface area contributed by atoms with Crippen LogP contribution in [0.5, 0.6) is 0 Å². The normalized spacial score (nSPS) is 13.4. The molecule has 0 aliphatic heterocycles. The van der Waals surface area contributed by atoms with Crippen LogP contribution in [0, 0.1) is 6.92 Å². The first-order valence-electron chi connectivity index (χ1n) is 3.75. The number of hydrogen-bond donors (Lipinski definition) is 3. The zero-order chi connectivity index (χ0) is 8.27. The Morgan fingerprint density at radius 3 is 2.91 bits per heavy atom. The van der Waals surface area contributed by atoms with E-state index in [-0.39, 0.29) is 12.6 Å². The SMILES string of the molecule is Cc1c[nH]c([C@H](N)CCO)c1. The number of nitrogens with two attached hydrogens (primary N) is 1. The van der Waals surface area contributed by atoms with E-state index in [4.69, 9.17) is 10.8 Å². The highest BCUT2D eigenvalue weighted by Crippen LogP contribution is 2.12. The topological polar surface area (TPSA) is 62.0 Å². The summed E-state index contributed by atoms with van der Waals surface area (Å²) in [6.07, 6.45) is 2.52. The number of aromatic amines is 1. The highest BCUT2D eigenvalue weighted by molar-refractivity contribution is 5.17. The predicted octanol–water partition coefficient (Wildman–Crippen LogP) is 0.705. The van der Waals surface area contributed by atoms with Crippen LogP contribution >= 0.6 is 0 Å². The van der Waals surface area contributed by atoms with E-state index in [2.05, 4.69) is 4.98 Å². The first kappa shape index (κ1) is 8.30. The Labute approximate surface area is 66.2 Å². The average molecular weight is 154 g/mol. The molecule has 0 saturated heterocycles. The van der Waals surface area contributed by atoms with Gasteiger partial charge in [0.05, 0.1) is 0 Å². The van der Waals surface area contributed by atoms with Crippen LogP contribution in [-0.4, -0.2) is 16.7 Å². The molecular formula is C8H14N2O. The van der Waals surface area contributed by atoms with Gasteiger partial charge in [0, 0.05) is 24.5 Å². The second kappa shape index (κ2) is 3.55. The lowest BCUT2D eigenvalue weighted by molar-refractivity contribution is 0.276. The largest absolute Gasteiger partial charge is 0.396 e. The third kappa shape index (κ3) is 2.06. The van der Waals surface area contributed by atoms with Crippen molar-refractivity contribution < 1.29 is 5.11 Å². The third-order valence-electron chi connectivity index (χ3n) is 1.69. The first-order valence-corrected chi connectivity index (χ1v) is 3.75. The zero-order valence-corrected chi connectivity index (χ0v) is 6.67. The molecule has 3 nitrogen and oxygen atoms in total. The quantitative estimate of drug-likeness (QED) is 0.600. The van der Waals surface area contributed by atoms with Gasteiger partial charge in [0.25, 0.3) is 0 Å². The van der Waals surface area contributed by atoms with E-state index in [1.54, 1.807) is 0 Å². The molecule has 1 atom stereocenters. The van der Waals surface area contributed by atoms with Gasteiger partial charge >= 0.3 is 0 Å². The van der Waals surface area contributed by atoms with Crippen molar-refractivity contribution in [1.82, 2.24) is 4.98 Å². The fraction of sp³-hybridized carbons (Fsp3) is 0.500. The fourth-order valence-corrected chi connectivity index (χ4v) is 1.03. The van der Waals surface area contributed by atoms with Gasteiger partial charge in [-0.1, -0.05) is 0 Å². The van der Waals surface area contributed by atoms with Crippen molar-refractivity contribution in [2.45, 2.75) is 19.4 Å². The number of nitrogens with one attached hydrogen (secondary N) is 1. The lowest BCUT2D eigenvalue weighted by Gasteiger charge is -2.06. The molecular weight excluding hydrogens is 140 g/mol. The number of aliphatic hydroxyl groups is 1. The molecule has 1 aromatic heterocycles. The van der Waals surface area contributed by atoms with Crippen molar-refractivity contribution in [3.05, 3.63) is 23.5 Å². The van der Waals surface area contributed by atoms with Crippen molar-refractivity contribution in [1.29, 1.82) is 0 Å². The smallest absolute Gasteiger partial charge is 0.0469 e. The molecule has 0 unspecified atom stereocenters. The van der Waals surface area contributed by atoms with Gasteiger partial charge in [0.2, 0.25) is 0 Å². The maximum Gasteiger partial charge on any atom is 0.0469 e. The van der Waals surface area contributed by atoms with Gasteiger partial charge in [0.1, 0.15) is 0 Å². The lowest BCUT2D eigenvalue weighted by atomic mass is 10.1. The molecule has 1 rings (SSSR count). The van der Waals surface area contributed by atoms with Crippen molar-refractivity contribution in [3.8, 4) is 0 Å². The van der Waals surface area contributed by atoms with Gasteiger partial charge in [-0.15, -0.1) is 0 Å². The highest BCUT2D eigenvalue weighted by Gasteiger charge is 2.05. The van der Waals surface area contributed by atoms with Crippen LogP contribution in [0.4, 0.5) is 0 Å². The van der Waals surface area contributed by atoms with Crippen LogP contribution in [0.15, 0.2) is 12.3 Å². The van der Waals surface area contributed by atoms with E-state index >= 15 is 0 Å².